The monoisotopic (exact) mass is 420 g/mol. The molecule has 0 aliphatic carbocycles. The summed E-state index contributed by atoms with van der Waals surface area (Å²) in [6, 6.07) is 9.82. The van der Waals surface area contributed by atoms with Crippen molar-refractivity contribution in [2.75, 3.05) is 26.3 Å². The van der Waals surface area contributed by atoms with Crippen molar-refractivity contribution in [3.05, 3.63) is 47.1 Å². The van der Waals surface area contributed by atoms with Gasteiger partial charge in [-0.25, -0.2) is 8.42 Å². The predicted molar refractivity (Wildman–Crippen MR) is 103 cm³/mol. The number of ether oxygens (including phenoxy) is 1. The number of morpholine rings is 1. The van der Waals surface area contributed by atoms with E-state index in [4.69, 9.17) is 9.15 Å². The Morgan fingerprint density at radius 1 is 1.04 bits per heavy atom. The number of carbonyl (C=O) groups is 2. The molecule has 3 heterocycles. The van der Waals surface area contributed by atoms with Gasteiger partial charge in [-0.1, -0.05) is 0 Å². The fourth-order valence-electron chi connectivity index (χ4n) is 2.86. The molecule has 2 saturated heterocycles. The van der Waals surface area contributed by atoms with E-state index in [2.05, 4.69) is 5.32 Å². The van der Waals surface area contributed by atoms with E-state index >= 15 is 0 Å². The lowest BCUT2D eigenvalue weighted by Crippen LogP contribution is -2.40. The maximum atomic E-state index is 12.7. The number of benzene rings is 1. The third-order valence-electron chi connectivity index (χ3n) is 4.29. The number of hydrogen-bond acceptors (Lipinski definition) is 7. The van der Waals surface area contributed by atoms with Crippen LogP contribution in [0.3, 0.4) is 0 Å². The Labute approximate surface area is 165 Å². The number of nitrogens with zero attached hydrogens (tertiary/aromatic N) is 1. The van der Waals surface area contributed by atoms with Gasteiger partial charge in [0.1, 0.15) is 11.5 Å². The minimum Gasteiger partial charge on any atom is -0.457 e. The summed E-state index contributed by atoms with van der Waals surface area (Å²) in [7, 11) is -3.55. The maximum absolute atomic E-state index is 12.7. The standard InChI is InChI=1S/C18H16N2O6S2/c21-17-16(27-18(22)19-17)11-13-3-6-15(26-13)12-1-4-14(5-2-12)28(23,24)20-7-9-25-10-8-20/h1-6,11H,7-10H2,(H,19,21,22)/b16-11-. The average molecular weight is 420 g/mol. The number of hydrogen-bond donors (Lipinski definition) is 1. The van der Waals surface area contributed by atoms with Crippen molar-refractivity contribution in [3.63, 3.8) is 0 Å². The molecule has 1 aromatic heterocycles. The van der Waals surface area contributed by atoms with Gasteiger partial charge < -0.3 is 9.15 Å². The van der Waals surface area contributed by atoms with Crippen LogP contribution in [0.15, 0.2) is 50.6 Å². The van der Waals surface area contributed by atoms with Crippen molar-refractivity contribution in [3.8, 4) is 11.3 Å². The second kappa shape index (κ2) is 7.55. The highest BCUT2D eigenvalue weighted by molar-refractivity contribution is 8.18. The van der Waals surface area contributed by atoms with Crippen LogP contribution in [0.4, 0.5) is 4.79 Å². The predicted octanol–water partition coefficient (Wildman–Crippen LogP) is 2.29. The molecule has 1 N–H and O–H groups in total. The first kappa shape index (κ1) is 18.9. The zero-order valence-electron chi connectivity index (χ0n) is 14.6. The number of amides is 2. The normalized spacial score (nSPS) is 19.9. The summed E-state index contributed by atoms with van der Waals surface area (Å²) in [5, 5.41) is 1.76. The van der Waals surface area contributed by atoms with Gasteiger partial charge in [0.2, 0.25) is 10.0 Å². The molecule has 0 radical (unpaired) electrons. The lowest BCUT2D eigenvalue weighted by molar-refractivity contribution is -0.115. The Hall–Kier alpha value is -2.40. The molecule has 2 aromatic rings. The molecule has 2 fully saturated rings. The van der Waals surface area contributed by atoms with Gasteiger partial charge in [-0.05, 0) is 48.2 Å². The van der Waals surface area contributed by atoms with Crippen molar-refractivity contribution in [1.82, 2.24) is 9.62 Å². The number of carbonyl (C=O) groups excluding carboxylic acids is 2. The van der Waals surface area contributed by atoms with Crippen LogP contribution in [-0.2, 0) is 19.6 Å². The van der Waals surface area contributed by atoms with E-state index in [0.717, 1.165) is 11.8 Å². The van der Waals surface area contributed by atoms with E-state index in [1.165, 1.54) is 10.4 Å². The Balaban J connectivity index is 1.53. The van der Waals surface area contributed by atoms with Crippen LogP contribution in [0, 0.1) is 0 Å². The third kappa shape index (κ3) is 3.76. The first-order chi connectivity index (χ1) is 13.4. The summed E-state index contributed by atoms with van der Waals surface area (Å²) in [6.45, 7) is 1.47. The summed E-state index contributed by atoms with van der Waals surface area (Å²) in [5.41, 5.74) is 0.699. The molecule has 8 nitrogen and oxygen atoms in total. The van der Waals surface area contributed by atoms with E-state index in [9.17, 15) is 18.0 Å². The Morgan fingerprint density at radius 3 is 2.39 bits per heavy atom. The van der Waals surface area contributed by atoms with Crippen LogP contribution < -0.4 is 5.32 Å². The fourth-order valence-corrected chi connectivity index (χ4v) is 4.93. The van der Waals surface area contributed by atoms with Gasteiger partial charge in [-0.2, -0.15) is 4.31 Å². The van der Waals surface area contributed by atoms with Gasteiger partial charge in [-0.3, -0.25) is 14.9 Å². The molecule has 2 aliphatic rings. The van der Waals surface area contributed by atoms with E-state index < -0.39 is 21.2 Å². The average Bonchev–Trinajstić information content (AvgIpc) is 3.29. The highest BCUT2D eigenvalue weighted by Crippen LogP contribution is 2.29. The van der Waals surface area contributed by atoms with E-state index in [1.807, 2.05) is 0 Å². The molecule has 0 spiro atoms. The molecule has 2 amide bonds. The molecule has 146 valence electrons. The molecule has 0 saturated carbocycles. The molecule has 0 atom stereocenters. The van der Waals surface area contributed by atoms with Gasteiger partial charge in [0.15, 0.2) is 0 Å². The quantitative estimate of drug-likeness (QED) is 0.757. The van der Waals surface area contributed by atoms with E-state index in [-0.39, 0.29) is 9.80 Å². The molecular formula is C18H16N2O6S2. The van der Waals surface area contributed by atoms with Crippen LogP contribution in [0.5, 0.6) is 0 Å². The van der Waals surface area contributed by atoms with Crippen LogP contribution in [0.25, 0.3) is 17.4 Å². The first-order valence-electron chi connectivity index (χ1n) is 8.46. The zero-order chi connectivity index (χ0) is 19.7. The minimum atomic E-state index is -3.55. The maximum Gasteiger partial charge on any atom is 0.290 e. The van der Waals surface area contributed by atoms with Crippen LogP contribution in [0.1, 0.15) is 5.76 Å². The van der Waals surface area contributed by atoms with Crippen LogP contribution in [-0.4, -0.2) is 50.2 Å². The summed E-state index contributed by atoms with van der Waals surface area (Å²) < 4.78 is 37.6. The lowest BCUT2D eigenvalue weighted by Gasteiger charge is -2.26. The van der Waals surface area contributed by atoms with Gasteiger partial charge in [0, 0.05) is 24.7 Å². The lowest BCUT2D eigenvalue weighted by atomic mass is 10.2. The highest BCUT2D eigenvalue weighted by Gasteiger charge is 2.27. The summed E-state index contributed by atoms with van der Waals surface area (Å²) >= 11 is 0.813. The molecule has 0 unspecified atom stereocenters. The number of thioether (sulfide) groups is 1. The van der Waals surface area contributed by atoms with Crippen molar-refractivity contribution in [2.45, 2.75) is 4.90 Å². The first-order valence-corrected chi connectivity index (χ1v) is 10.7. The van der Waals surface area contributed by atoms with Crippen molar-refractivity contribution in [1.29, 1.82) is 0 Å². The summed E-state index contributed by atoms with van der Waals surface area (Å²) in [6.07, 6.45) is 1.49. The van der Waals surface area contributed by atoms with Gasteiger partial charge in [0.05, 0.1) is 23.0 Å². The highest BCUT2D eigenvalue weighted by atomic mass is 32.2. The van der Waals surface area contributed by atoms with E-state index in [0.29, 0.717) is 43.4 Å². The summed E-state index contributed by atoms with van der Waals surface area (Å²) in [4.78, 5) is 23.3. The summed E-state index contributed by atoms with van der Waals surface area (Å²) in [5.74, 6) is 0.495. The molecule has 0 bridgehead atoms. The second-order valence-corrected chi connectivity index (χ2v) is 9.05. The molecule has 28 heavy (non-hydrogen) atoms. The van der Waals surface area contributed by atoms with Crippen molar-refractivity contribution < 1.29 is 27.2 Å². The topological polar surface area (TPSA) is 106 Å². The van der Waals surface area contributed by atoms with Gasteiger partial charge >= 0.3 is 0 Å². The number of sulfonamides is 1. The zero-order valence-corrected chi connectivity index (χ0v) is 16.2. The Morgan fingerprint density at radius 2 is 1.75 bits per heavy atom. The van der Waals surface area contributed by atoms with E-state index in [1.54, 1.807) is 36.4 Å². The second-order valence-electron chi connectivity index (χ2n) is 6.10. The molecule has 10 heteroatoms. The fraction of sp³-hybridized carbons (Fsp3) is 0.222. The SMILES string of the molecule is O=C1NC(=O)/C(=C/c2ccc(-c3ccc(S(=O)(=O)N4CCOCC4)cc3)o2)S1. The largest absolute Gasteiger partial charge is 0.457 e. The number of furan rings is 1. The smallest absolute Gasteiger partial charge is 0.290 e. The number of rotatable bonds is 4. The van der Waals surface area contributed by atoms with Crippen molar-refractivity contribution in [2.24, 2.45) is 0 Å². The van der Waals surface area contributed by atoms with Crippen LogP contribution in [0.2, 0.25) is 0 Å². The van der Waals surface area contributed by atoms with Crippen molar-refractivity contribution >= 4 is 39.0 Å². The Kier molecular flexibility index (Phi) is 5.11. The number of imide groups is 1. The molecule has 2 aliphatic heterocycles. The third-order valence-corrected chi connectivity index (χ3v) is 7.01. The Bertz CT molecular complexity index is 1050. The molecule has 4 rings (SSSR count). The van der Waals surface area contributed by atoms with Crippen LogP contribution >= 0.6 is 11.8 Å². The number of nitrogens with one attached hydrogen (secondary N) is 1. The van der Waals surface area contributed by atoms with Gasteiger partial charge in [0.25, 0.3) is 11.1 Å². The minimum absolute atomic E-state index is 0.213. The molecular weight excluding hydrogens is 404 g/mol. The molecule has 1 aromatic carbocycles. The van der Waals surface area contributed by atoms with Gasteiger partial charge in [-0.15, -0.1) is 0 Å².